The molecule has 0 radical (unpaired) electrons. The Morgan fingerprint density at radius 2 is 2.21 bits per heavy atom. The van der Waals surface area contributed by atoms with E-state index in [9.17, 15) is 4.79 Å². The third-order valence-corrected chi connectivity index (χ3v) is 2.19. The Morgan fingerprint density at radius 1 is 1.47 bits per heavy atom. The fourth-order valence-electron chi connectivity index (χ4n) is 1.34. The Morgan fingerprint density at radius 3 is 2.79 bits per heavy atom. The highest BCUT2D eigenvalue weighted by Crippen LogP contribution is 2.09. The van der Waals surface area contributed by atoms with Gasteiger partial charge in [-0.2, -0.15) is 0 Å². The zero-order chi connectivity index (χ0) is 13.4. The molecule has 3 N–H and O–H groups in total. The Labute approximate surface area is 130 Å². The average molecular weight is 372 g/mol. The molecule has 1 aromatic carbocycles. The van der Waals surface area contributed by atoms with Gasteiger partial charge in [0.25, 0.3) is 0 Å². The van der Waals surface area contributed by atoms with Crippen molar-refractivity contribution in [1.82, 2.24) is 10.6 Å². The van der Waals surface area contributed by atoms with E-state index in [4.69, 9.17) is 6.42 Å². The predicted octanol–water partition coefficient (Wildman–Crippen LogP) is 1.02. The number of hydrogen-bond acceptors (Lipinski definition) is 2. The second kappa shape index (κ2) is 9.22. The molecule has 6 heteroatoms. The smallest absolute Gasteiger partial charge is 0.243 e. The number of nitrogens with one attached hydrogen (secondary N) is 3. The van der Waals surface area contributed by atoms with E-state index in [2.05, 4.69) is 26.9 Å². The number of anilines is 1. The zero-order valence-electron chi connectivity index (χ0n) is 10.9. The minimum absolute atomic E-state index is 0. The molecule has 0 spiro atoms. The van der Waals surface area contributed by atoms with Crippen LogP contribution in [0, 0.1) is 12.3 Å². The van der Waals surface area contributed by atoms with Crippen LogP contribution in [0.15, 0.2) is 29.3 Å². The number of amides is 1. The summed E-state index contributed by atoms with van der Waals surface area (Å²) in [5, 5.41) is 8.42. The van der Waals surface area contributed by atoms with E-state index in [0.717, 1.165) is 5.56 Å². The monoisotopic (exact) mass is 372 g/mol. The lowest BCUT2D eigenvalue weighted by atomic mass is 10.2. The van der Waals surface area contributed by atoms with Crippen molar-refractivity contribution >= 4 is 41.5 Å². The van der Waals surface area contributed by atoms with Gasteiger partial charge in [0.1, 0.15) is 0 Å². The van der Waals surface area contributed by atoms with E-state index in [1.54, 1.807) is 38.4 Å². The number of terminal acetylenes is 1. The van der Waals surface area contributed by atoms with Crippen LogP contribution in [0.4, 0.5) is 5.69 Å². The van der Waals surface area contributed by atoms with Crippen LogP contribution in [0.5, 0.6) is 0 Å². The normalized spacial score (nSPS) is 9.84. The summed E-state index contributed by atoms with van der Waals surface area (Å²) < 4.78 is 0. The molecule has 0 heterocycles. The van der Waals surface area contributed by atoms with Gasteiger partial charge in [-0.05, 0) is 18.2 Å². The van der Waals surface area contributed by atoms with E-state index in [1.807, 2.05) is 0 Å². The highest BCUT2D eigenvalue weighted by Gasteiger charge is 2.03. The number of rotatable bonds is 3. The van der Waals surface area contributed by atoms with Crippen molar-refractivity contribution in [2.24, 2.45) is 4.99 Å². The average Bonchev–Trinajstić information content (AvgIpc) is 2.40. The molecule has 102 valence electrons. The van der Waals surface area contributed by atoms with Crippen LogP contribution >= 0.6 is 24.0 Å². The third-order valence-electron chi connectivity index (χ3n) is 2.19. The molecule has 1 rings (SSSR count). The molecule has 0 saturated heterocycles. The molecule has 0 unspecified atom stereocenters. The SMILES string of the molecule is C#Cc1cccc(NC(=O)CNC(=NC)NC)c1.I. The highest BCUT2D eigenvalue weighted by atomic mass is 127. The summed E-state index contributed by atoms with van der Waals surface area (Å²) in [5.41, 5.74) is 1.41. The lowest BCUT2D eigenvalue weighted by molar-refractivity contribution is -0.115. The highest BCUT2D eigenvalue weighted by molar-refractivity contribution is 14.0. The van der Waals surface area contributed by atoms with Crippen LogP contribution < -0.4 is 16.0 Å². The third kappa shape index (κ3) is 6.10. The maximum absolute atomic E-state index is 11.6. The van der Waals surface area contributed by atoms with Gasteiger partial charge in [-0.1, -0.05) is 12.0 Å². The van der Waals surface area contributed by atoms with E-state index in [1.165, 1.54) is 0 Å². The number of nitrogens with zero attached hydrogens (tertiary/aromatic N) is 1. The molecule has 19 heavy (non-hydrogen) atoms. The number of carbonyl (C=O) groups is 1. The second-order valence-corrected chi connectivity index (χ2v) is 3.45. The van der Waals surface area contributed by atoms with Crippen molar-refractivity contribution in [3.63, 3.8) is 0 Å². The molecule has 5 nitrogen and oxygen atoms in total. The van der Waals surface area contributed by atoms with Crippen molar-refractivity contribution in [2.45, 2.75) is 0 Å². The Hall–Kier alpha value is -1.75. The first kappa shape index (κ1) is 17.2. The summed E-state index contributed by atoms with van der Waals surface area (Å²) in [5.74, 6) is 2.90. The molecule has 0 saturated carbocycles. The molecular weight excluding hydrogens is 355 g/mol. The van der Waals surface area contributed by atoms with Crippen molar-refractivity contribution in [3.8, 4) is 12.3 Å². The van der Waals surface area contributed by atoms with Gasteiger partial charge in [0, 0.05) is 25.3 Å². The minimum atomic E-state index is -0.166. The molecule has 0 aliphatic heterocycles. The van der Waals surface area contributed by atoms with Gasteiger partial charge >= 0.3 is 0 Å². The van der Waals surface area contributed by atoms with Crippen LogP contribution in [-0.2, 0) is 4.79 Å². The van der Waals surface area contributed by atoms with Gasteiger partial charge in [-0.15, -0.1) is 30.4 Å². The molecule has 1 amide bonds. The second-order valence-electron chi connectivity index (χ2n) is 3.45. The summed E-state index contributed by atoms with van der Waals surface area (Å²) in [6.45, 7) is 0.133. The summed E-state index contributed by atoms with van der Waals surface area (Å²) in [6, 6.07) is 7.12. The van der Waals surface area contributed by atoms with E-state index in [-0.39, 0.29) is 36.4 Å². The summed E-state index contributed by atoms with van der Waals surface area (Å²) >= 11 is 0. The molecule has 0 aliphatic carbocycles. The lowest BCUT2D eigenvalue weighted by Crippen LogP contribution is -2.39. The van der Waals surface area contributed by atoms with Gasteiger partial charge in [0.05, 0.1) is 6.54 Å². The minimum Gasteiger partial charge on any atom is -0.359 e. The topological polar surface area (TPSA) is 65.5 Å². The maximum atomic E-state index is 11.6. The van der Waals surface area contributed by atoms with Crippen molar-refractivity contribution in [1.29, 1.82) is 0 Å². The Kier molecular flexibility index (Phi) is 8.37. The standard InChI is InChI=1S/C13H16N4O.HI/c1-4-10-6-5-7-11(8-10)17-12(18)9-16-13(14-2)15-3;/h1,5-8H,9H2,2-3H3,(H,17,18)(H2,14,15,16);1H. The van der Waals surface area contributed by atoms with Crippen molar-refractivity contribution < 1.29 is 4.79 Å². The van der Waals surface area contributed by atoms with Gasteiger partial charge in [0.2, 0.25) is 5.91 Å². The van der Waals surface area contributed by atoms with E-state index in [0.29, 0.717) is 11.6 Å². The van der Waals surface area contributed by atoms with Crippen molar-refractivity contribution in [3.05, 3.63) is 29.8 Å². The number of carbonyl (C=O) groups excluding carboxylic acids is 1. The maximum Gasteiger partial charge on any atom is 0.243 e. The summed E-state index contributed by atoms with van der Waals surface area (Å²) in [7, 11) is 3.36. The number of benzene rings is 1. The van der Waals surface area contributed by atoms with Crippen LogP contribution in [0.2, 0.25) is 0 Å². The number of aliphatic imine (C=N–C) groups is 1. The van der Waals surface area contributed by atoms with Crippen LogP contribution in [0.3, 0.4) is 0 Å². The van der Waals surface area contributed by atoms with Gasteiger partial charge in [-0.3, -0.25) is 9.79 Å². The fraction of sp³-hybridized carbons (Fsp3) is 0.231. The number of hydrogen-bond donors (Lipinski definition) is 3. The molecule has 0 atom stereocenters. The molecule has 0 bridgehead atoms. The van der Waals surface area contributed by atoms with Crippen LogP contribution in [0.1, 0.15) is 5.56 Å². The largest absolute Gasteiger partial charge is 0.359 e. The first-order valence-corrected chi connectivity index (χ1v) is 5.44. The van der Waals surface area contributed by atoms with Crippen LogP contribution in [-0.4, -0.2) is 32.5 Å². The van der Waals surface area contributed by atoms with Gasteiger partial charge in [-0.25, -0.2) is 0 Å². The molecule has 1 aromatic rings. The number of halogens is 1. The fourth-order valence-corrected chi connectivity index (χ4v) is 1.34. The molecule has 0 aliphatic rings. The van der Waals surface area contributed by atoms with Crippen LogP contribution in [0.25, 0.3) is 0 Å². The molecular formula is C13H17IN4O. The first-order valence-electron chi connectivity index (χ1n) is 5.44. The Bertz CT molecular complexity index is 494. The molecule has 0 fully saturated rings. The van der Waals surface area contributed by atoms with E-state index >= 15 is 0 Å². The van der Waals surface area contributed by atoms with Gasteiger partial charge < -0.3 is 16.0 Å². The Balaban J connectivity index is 0.00000324. The molecule has 0 aromatic heterocycles. The summed E-state index contributed by atoms with van der Waals surface area (Å²) in [6.07, 6.45) is 5.28. The quantitative estimate of drug-likeness (QED) is 0.321. The zero-order valence-corrected chi connectivity index (χ0v) is 13.2. The van der Waals surface area contributed by atoms with E-state index < -0.39 is 0 Å². The first-order chi connectivity index (χ1) is 8.69. The summed E-state index contributed by atoms with van der Waals surface area (Å²) in [4.78, 5) is 15.5. The van der Waals surface area contributed by atoms with Gasteiger partial charge in [0.15, 0.2) is 5.96 Å². The predicted molar refractivity (Wildman–Crippen MR) is 88.8 cm³/mol. The lowest BCUT2D eigenvalue weighted by Gasteiger charge is -2.09. The number of guanidine groups is 1. The van der Waals surface area contributed by atoms with Crippen molar-refractivity contribution in [2.75, 3.05) is 26.0 Å².